The lowest BCUT2D eigenvalue weighted by atomic mass is 9.96. The highest BCUT2D eigenvalue weighted by Crippen LogP contribution is 2.33. The highest BCUT2D eigenvalue weighted by Gasteiger charge is 2.43. The van der Waals surface area contributed by atoms with Crippen LogP contribution in [0.4, 0.5) is 10.2 Å². The van der Waals surface area contributed by atoms with Gasteiger partial charge in [-0.1, -0.05) is 0 Å². The summed E-state index contributed by atoms with van der Waals surface area (Å²) in [5.74, 6) is 0.603. The van der Waals surface area contributed by atoms with Gasteiger partial charge >= 0.3 is 0 Å². The molecule has 2 aliphatic rings. The average molecular weight is 369 g/mol. The number of nitrogens with zero attached hydrogens (tertiary/aromatic N) is 5. The topological polar surface area (TPSA) is 91.2 Å². The van der Waals surface area contributed by atoms with E-state index in [9.17, 15) is 9.18 Å². The van der Waals surface area contributed by atoms with Gasteiger partial charge in [-0.25, -0.2) is 18.9 Å². The Morgan fingerprint density at radius 3 is 2.96 bits per heavy atom. The first-order chi connectivity index (χ1) is 13.1. The van der Waals surface area contributed by atoms with Crippen molar-refractivity contribution in [3.8, 4) is 11.3 Å². The Kier molecular flexibility index (Phi) is 3.71. The third-order valence-corrected chi connectivity index (χ3v) is 5.76. The van der Waals surface area contributed by atoms with Crippen molar-refractivity contribution < 1.29 is 4.39 Å². The van der Waals surface area contributed by atoms with Crippen molar-refractivity contribution in [2.24, 2.45) is 0 Å². The Morgan fingerprint density at radius 1 is 1.26 bits per heavy atom. The van der Waals surface area contributed by atoms with Crippen molar-refractivity contribution in [1.82, 2.24) is 29.9 Å². The lowest BCUT2D eigenvalue weighted by Crippen LogP contribution is -2.55. The van der Waals surface area contributed by atoms with Gasteiger partial charge in [0.15, 0.2) is 0 Å². The van der Waals surface area contributed by atoms with Crippen molar-refractivity contribution in [3.05, 3.63) is 41.2 Å². The Morgan fingerprint density at radius 2 is 2.15 bits per heavy atom. The van der Waals surface area contributed by atoms with Crippen LogP contribution < -0.4 is 15.6 Å². The fraction of sp³-hybridized carbons (Fsp3) is 0.444. The van der Waals surface area contributed by atoms with E-state index in [1.807, 2.05) is 11.9 Å². The summed E-state index contributed by atoms with van der Waals surface area (Å²) in [5.41, 5.74) is 0.952. The van der Waals surface area contributed by atoms with E-state index < -0.39 is 6.17 Å². The monoisotopic (exact) mass is 369 g/mol. The van der Waals surface area contributed by atoms with E-state index >= 15 is 0 Å². The molecule has 2 N–H and O–H groups in total. The molecule has 3 aromatic rings. The smallest absolute Gasteiger partial charge is 0.233 e. The quantitative estimate of drug-likeness (QED) is 0.720. The van der Waals surface area contributed by atoms with Crippen LogP contribution in [0.15, 0.2) is 35.8 Å². The van der Waals surface area contributed by atoms with Crippen LogP contribution >= 0.6 is 0 Å². The normalized spacial score (nSPS) is 27.2. The Hall–Kier alpha value is -2.81. The zero-order valence-corrected chi connectivity index (χ0v) is 14.8. The van der Waals surface area contributed by atoms with Gasteiger partial charge in [0.05, 0.1) is 29.7 Å². The molecule has 0 aromatic carbocycles. The Labute approximate surface area is 154 Å². The molecule has 140 valence electrons. The second-order valence-electron chi connectivity index (χ2n) is 7.30. The van der Waals surface area contributed by atoms with Gasteiger partial charge in [0.1, 0.15) is 12.0 Å². The summed E-state index contributed by atoms with van der Waals surface area (Å²) >= 11 is 0. The average Bonchev–Trinajstić information content (AvgIpc) is 3.33. The van der Waals surface area contributed by atoms with Gasteiger partial charge in [-0.15, -0.1) is 0 Å². The number of hydrogen-bond acceptors (Lipinski definition) is 6. The van der Waals surface area contributed by atoms with Gasteiger partial charge in [0.25, 0.3) is 0 Å². The first kappa shape index (κ1) is 16.4. The van der Waals surface area contributed by atoms with Gasteiger partial charge in [0.2, 0.25) is 11.1 Å². The fourth-order valence-electron chi connectivity index (χ4n) is 4.25. The number of nitrogens with one attached hydrogen (secondary N) is 2. The fourth-order valence-corrected chi connectivity index (χ4v) is 4.25. The SMILES string of the molecule is CN(c1cnc(-c2c[nH]n3ccnc3c2=O)cn1)[C@@H]1CC2CCC(N2)[C@@H]1F. The summed E-state index contributed by atoms with van der Waals surface area (Å²) in [7, 11) is 1.86. The third kappa shape index (κ3) is 2.61. The van der Waals surface area contributed by atoms with Gasteiger partial charge in [0, 0.05) is 37.7 Å². The molecule has 2 unspecified atom stereocenters. The molecular formula is C18H20FN7O. The van der Waals surface area contributed by atoms with Gasteiger partial charge in [-0.3, -0.25) is 14.9 Å². The van der Waals surface area contributed by atoms with E-state index in [-0.39, 0.29) is 17.5 Å². The summed E-state index contributed by atoms with van der Waals surface area (Å²) in [6.45, 7) is 0. The molecule has 0 saturated carbocycles. The second kappa shape index (κ2) is 6.12. The van der Waals surface area contributed by atoms with Crippen molar-refractivity contribution in [2.45, 2.75) is 43.6 Å². The van der Waals surface area contributed by atoms with Crippen LogP contribution in [-0.4, -0.2) is 55.9 Å². The number of aromatic nitrogens is 5. The summed E-state index contributed by atoms with van der Waals surface area (Å²) in [6.07, 6.45) is 9.71. The minimum absolute atomic E-state index is 0.0664. The standard InChI is InChI=1S/C18H20FN7O/c1-25(14-6-10-2-3-12(24-10)16(14)19)15-9-21-13(8-22-15)11-7-23-26-5-4-20-18(26)17(11)27/h4-5,7-10,12,14,16,23-24H,2-3,6H2,1H3/t10?,12?,14-,16+/m1/s1. The molecule has 0 radical (unpaired) electrons. The number of imidazole rings is 1. The molecule has 5 rings (SSSR count). The van der Waals surface area contributed by atoms with E-state index in [0.29, 0.717) is 28.8 Å². The number of halogens is 1. The van der Waals surface area contributed by atoms with Crippen LogP contribution in [0.1, 0.15) is 19.3 Å². The van der Waals surface area contributed by atoms with E-state index in [2.05, 4.69) is 25.4 Å². The predicted octanol–water partition coefficient (Wildman–Crippen LogP) is 1.15. The van der Waals surface area contributed by atoms with Gasteiger partial charge in [-0.2, -0.15) is 0 Å². The number of piperidine rings is 1. The first-order valence-electron chi connectivity index (χ1n) is 9.12. The highest BCUT2D eigenvalue weighted by atomic mass is 19.1. The minimum atomic E-state index is -0.930. The number of aromatic amines is 1. The molecule has 4 atom stereocenters. The van der Waals surface area contributed by atoms with Crippen LogP contribution in [-0.2, 0) is 0 Å². The Balaban J connectivity index is 1.42. The molecule has 0 aliphatic carbocycles. The summed E-state index contributed by atoms with van der Waals surface area (Å²) < 4.78 is 16.3. The molecule has 2 saturated heterocycles. The number of alkyl halides is 1. The van der Waals surface area contributed by atoms with Crippen LogP contribution in [0.5, 0.6) is 0 Å². The lowest BCUT2D eigenvalue weighted by Gasteiger charge is -2.38. The van der Waals surface area contributed by atoms with Crippen molar-refractivity contribution in [3.63, 3.8) is 0 Å². The van der Waals surface area contributed by atoms with Crippen molar-refractivity contribution >= 4 is 11.5 Å². The molecule has 0 spiro atoms. The van der Waals surface area contributed by atoms with E-state index in [0.717, 1.165) is 19.3 Å². The molecule has 27 heavy (non-hydrogen) atoms. The Bertz CT molecular complexity index is 1030. The maximum absolute atomic E-state index is 14.8. The molecule has 8 nitrogen and oxygen atoms in total. The number of hydrogen-bond donors (Lipinski definition) is 2. The highest BCUT2D eigenvalue weighted by molar-refractivity contribution is 5.62. The number of H-pyrrole nitrogens is 1. The number of anilines is 1. The minimum Gasteiger partial charge on any atom is -0.352 e. The van der Waals surface area contributed by atoms with Gasteiger partial charge < -0.3 is 10.2 Å². The van der Waals surface area contributed by atoms with Crippen molar-refractivity contribution in [2.75, 3.05) is 11.9 Å². The predicted molar refractivity (Wildman–Crippen MR) is 98.5 cm³/mol. The van der Waals surface area contributed by atoms with Gasteiger partial charge in [-0.05, 0) is 19.3 Å². The molecular weight excluding hydrogens is 349 g/mol. The molecule has 2 fully saturated rings. The van der Waals surface area contributed by atoms with Crippen molar-refractivity contribution in [1.29, 1.82) is 0 Å². The van der Waals surface area contributed by atoms with Crippen LogP contribution in [0.25, 0.3) is 16.9 Å². The zero-order valence-electron chi connectivity index (χ0n) is 14.8. The van der Waals surface area contributed by atoms with E-state index in [4.69, 9.17) is 0 Å². The third-order valence-electron chi connectivity index (χ3n) is 5.76. The second-order valence-corrected chi connectivity index (χ2v) is 7.30. The number of fused-ring (bicyclic) bond motifs is 3. The summed E-state index contributed by atoms with van der Waals surface area (Å²) in [5, 5.41) is 6.31. The summed E-state index contributed by atoms with van der Waals surface area (Å²) in [6, 6.07) is 0.0957. The van der Waals surface area contributed by atoms with Crippen LogP contribution in [0, 0.1) is 0 Å². The van der Waals surface area contributed by atoms with Crippen LogP contribution in [0.3, 0.4) is 0 Å². The number of rotatable bonds is 3. The molecule has 2 bridgehead atoms. The maximum atomic E-state index is 14.8. The summed E-state index contributed by atoms with van der Waals surface area (Å²) in [4.78, 5) is 27.3. The van der Waals surface area contributed by atoms with Crippen LogP contribution in [0.2, 0.25) is 0 Å². The molecule has 9 heteroatoms. The van der Waals surface area contributed by atoms with E-state index in [1.165, 1.54) is 0 Å². The maximum Gasteiger partial charge on any atom is 0.233 e. The molecule has 3 aromatic heterocycles. The molecule has 2 aliphatic heterocycles. The molecule has 0 amide bonds. The lowest BCUT2D eigenvalue weighted by molar-refractivity contribution is 0.176. The van der Waals surface area contributed by atoms with E-state index in [1.54, 1.807) is 35.5 Å². The molecule has 5 heterocycles. The largest absolute Gasteiger partial charge is 0.352 e. The first-order valence-corrected chi connectivity index (χ1v) is 9.12. The zero-order chi connectivity index (χ0) is 18.5.